The summed E-state index contributed by atoms with van der Waals surface area (Å²) >= 11 is 1.33. The van der Waals surface area contributed by atoms with Crippen molar-refractivity contribution in [2.75, 3.05) is 26.2 Å². The predicted octanol–water partition coefficient (Wildman–Crippen LogP) is 3.84. The molecule has 1 aromatic heterocycles. The molecule has 3 aromatic rings. The van der Waals surface area contributed by atoms with Crippen molar-refractivity contribution in [3.05, 3.63) is 88.4 Å². The van der Waals surface area contributed by atoms with Crippen molar-refractivity contribution in [2.45, 2.75) is 83.9 Å². The minimum Gasteiger partial charge on any atom is -0.465 e. The zero-order valence-electron chi connectivity index (χ0n) is 28.6. The summed E-state index contributed by atoms with van der Waals surface area (Å²) in [5.74, 6) is -0.936. The van der Waals surface area contributed by atoms with E-state index in [4.69, 9.17) is 0 Å². The van der Waals surface area contributed by atoms with Gasteiger partial charge in [-0.25, -0.2) is 4.79 Å². The van der Waals surface area contributed by atoms with Gasteiger partial charge in [0.15, 0.2) is 0 Å². The second kappa shape index (κ2) is 17.0. The van der Waals surface area contributed by atoms with Crippen molar-refractivity contribution >= 4 is 29.2 Å². The summed E-state index contributed by atoms with van der Waals surface area (Å²) in [6.45, 7) is 12.1. The average molecular weight is 679 g/mol. The Balaban J connectivity index is 1.56. The van der Waals surface area contributed by atoms with E-state index in [1.54, 1.807) is 11.7 Å². The lowest BCUT2D eigenvalue weighted by Crippen LogP contribution is -2.63. The number of nitrogens with zero attached hydrogens (tertiary/aromatic N) is 4. The van der Waals surface area contributed by atoms with E-state index in [0.717, 1.165) is 20.9 Å². The number of nitrogens with one attached hydrogen (secondary N) is 2. The van der Waals surface area contributed by atoms with Gasteiger partial charge < -0.3 is 20.8 Å². The van der Waals surface area contributed by atoms with Gasteiger partial charge in [0, 0.05) is 49.3 Å². The highest BCUT2D eigenvalue weighted by atomic mass is 32.1. The highest BCUT2D eigenvalue weighted by Crippen LogP contribution is 2.21. The van der Waals surface area contributed by atoms with Gasteiger partial charge in [-0.05, 0) is 44.2 Å². The van der Waals surface area contributed by atoms with Crippen molar-refractivity contribution < 1.29 is 24.6 Å². The van der Waals surface area contributed by atoms with Crippen molar-refractivity contribution in [1.29, 1.82) is 0 Å². The quantitative estimate of drug-likeness (QED) is 0.202. The molecule has 48 heavy (non-hydrogen) atoms. The number of amides is 3. The SMILES string of the molecule is CC(C)[C@@H](C(=O)N[C@@H](Cc1ccccc1)[C@@H](O)CN1CCN(Cc2ccccc2)C[C@H]1C(=O)NC(C)(C)C)N(Cc1cncs1)C(=O)O. The van der Waals surface area contributed by atoms with Crippen LogP contribution in [0.5, 0.6) is 0 Å². The first-order chi connectivity index (χ1) is 22.8. The normalized spacial score (nSPS) is 17.8. The molecule has 1 aliphatic heterocycles. The molecule has 3 amide bonds. The highest BCUT2D eigenvalue weighted by Gasteiger charge is 2.38. The fourth-order valence-corrected chi connectivity index (χ4v) is 6.74. The second-order valence-corrected chi connectivity index (χ2v) is 14.9. The van der Waals surface area contributed by atoms with Crippen LogP contribution in [0.1, 0.15) is 50.6 Å². The third-order valence-electron chi connectivity index (χ3n) is 8.43. The molecule has 4 rings (SSSR count). The largest absolute Gasteiger partial charge is 0.465 e. The number of carbonyl (C=O) groups excluding carboxylic acids is 2. The van der Waals surface area contributed by atoms with Gasteiger partial charge in [0.25, 0.3) is 0 Å². The maximum absolute atomic E-state index is 14.0. The molecule has 1 saturated heterocycles. The summed E-state index contributed by atoms with van der Waals surface area (Å²) in [6, 6.07) is 17.5. The number of benzene rings is 2. The summed E-state index contributed by atoms with van der Waals surface area (Å²) in [4.78, 5) is 50.3. The lowest BCUT2D eigenvalue weighted by Gasteiger charge is -2.43. The summed E-state index contributed by atoms with van der Waals surface area (Å²) in [7, 11) is 0. The number of carboxylic acid groups (broad SMARTS) is 1. The van der Waals surface area contributed by atoms with Gasteiger partial charge in [0.2, 0.25) is 11.8 Å². The Morgan fingerprint density at radius 1 is 1.02 bits per heavy atom. The van der Waals surface area contributed by atoms with Crippen molar-refractivity contribution in [2.24, 2.45) is 5.92 Å². The Labute approximate surface area is 288 Å². The third-order valence-corrected chi connectivity index (χ3v) is 9.19. The maximum atomic E-state index is 14.0. The number of rotatable bonds is 14. The Hall–Kier alpha value is -3.84. The van der Waals surface area contributed by atoms with Crippen LogP contribution in [0.2, 0.25) is 0 Å². The molecule has 2 aromatic carbocycles. The number of aliphatic hydroxyl groups excluding tert-OH is 1. The number of piperazine rings is 1. The molecular formula is C36H50N6O5S. The van der Waals surface area contributed by atoms with E-state index in [9.17, 15) is 24.6 Å². The van der Waals surface area contributed by atoms with Gasteiger partial charge in [0.1, 0.15) is 12.1 Å². The van der Waals surface area contributed by atoms with Crippen LogP contribution in [0.3, 0.4) is 0 Å². The molecule has 0 spiro atoms. The zero-order chi connectivity index (χ0) is 34.8. The molecule has 0 radical (unpaired) electrons. The van der Waals surface area contributed by atoms with E-state index in [1.807, 2.05) is 88.0 Å². The highest BCUT2D eigenvalue weighted by molar-refractivity contribution is 7.09. The molecule has 4 N–H and O–H groups in total. The molecule has 0 bridgehead atoms. The molecule has 4 atom stereocenters. The minimum absolute atomic E-state index is 0.0278. The summed E-state index contributed by atoms with van der Waals surface area (Å²) in [5.41, 5.74) is 3.27. The Morgan fingerprint density at radius 2 is 1.67 bits per heavy atom. The van der Waals surface area contributed by atoms with Gasteiger partial charge in [-0.1, -0.05) is 74.5 Å². The predicted molar refractivity (Wildman–Crippen MR) is 187 cm³/mol. The molecule has 11 nitrogen and oxygen atoms in total. The Morgan fingerprint density at radius 3 is 2.23 bits per heavy atom. The molecule has 12 heteroatoms. The first kappa shape index (κ1) is 37.0. The van der Waals surface area contributed by atoms with Gasteiger partial charge in [-0.3, -0.25) is 29.3 Å². The Bertz CT molecular complexity index is 1450. The lowest BCUT2D eigenvalue weighted by atomic mass is 9.97. The standard InChI is InChI=1S/C36H50N6O5S/c1-25(2)32(42(35(46)47)21-28-19-37-24-48-28)34(45)38-29(18-26-12-8-6-9-13-26)31(43)23-41-17-16-40(20-27-14-10-7-11-15-27)22-30(41)33(44)39-36(3,4)5/h6-15,19,24-25,29-32,43H,16-18,20-23H2,1-5H3,(H,38,45)(H,39,44)(H,46,47)/t29-,30-,31-,32-/m0/s1. The van der Waals surface area contributed by atoms with E-state index < -0.39 is 41.8 Å². The van der Waals surface area contributed by atoms with Crippen LogP contribution in [-0.2, 0) is 29.1 Å². The van der Waals surface area contributed by atoms with E-state index in [0.29, 0.717) is 32.6 Å². The topological polar surface area (TPSA) is 138 Å². The van der Waals surface area contributed by atoms with E-state index in [1.165, 1.54) is 11.3 Å². The van der Waals surface area contributed by atoms with Gasteiger partial charge in [0.05, 0.1) is 24.2 Å². The molecule has 0 aliphatic carbocycles. The van der Waals surface area contributed by atoms with Gasteiger partial charge >= 0.3 is 6.09 Å². The minimum atomic E-state index is -1.21. The number of carbonyl (C=O) groups is 3. The second-order valence-electron chi connectivity index (χ2n) is 13.9. The number of hydrogen-bond acceptors (Lipinski definition) is 8. The molecule has 0 saturated carbocycles. The Kier molecular flexibility index (Phi) is 13.1. The fraction of sp³-hybridized carbons (Fsp3) is 0.500. The molecular weight excluding hydrogens is 629 g/mol. The van der Waals surface area contributed by atoms with Crippen LogP contribution in [-0.4, -0.2) is 104 Å². The van der Waals surface area contributed by atoms with Crippen LogP contribution in [0.4, 0.5) is 4.79 Å². The van der Waals surface area contributed by atoms with Crippen LogP contribution >= 0.6 is 11.3 Å². The first-order valence-electron chi connectivity index (χ1n) is 16.5. The number of hydrogen-bond donors (Lipinski definition) is 4. The van der Waals surface area contributed by atoms with Crippen molar-refractivity contribution in [3.8, 4) is 0 Å². The lowest BCUT2D eigenvalue weighted by molar-refractivity contribution is -0.133. The molecule has 2 heterocycles. The summed E-state index contributed by atoms with van der Waals surface area (Å²) in [5, 5.41) is 28.1. The van der Waals surface area contributed by atoms with Crippen molar-refractivity contribution in [1.82, 2.24) is 30.3 Å². The molecule has 1 aliphatic rings. The van der Waals surface area contributed by atoms with Crippen LogP contribution in [0, 0.1) is 5.92 Å². The van der Waals surface area contributed by atoms with E-state index >= 15 is 0 Å². The van der Waals surface area contributed by atoms with Gasteiger partial charge in [-0.15, -0.1) is 11.3 Å². The third kappa shape index (κ3) is 10.8. The van der Waals surface area contributed by atoms with Crippen LogP contribution in [0.15, 0.2) is 72.4 Å². The number of aliphatic hydroxyl groups is 1. The van der Waals surface area contributed by atoms with Crippen LogP contribution < -0.4 is 10.6 Å². The van der Waals surface area contributed by atoms with Crippen LogP contribution in [0.25, 0.3) is 0 Å². The first-order valence-corrected chi connectivity index (χ1v) is 17.4. The average Bonchev–Trinajstić information content (AvgIpc) is 3.54. The summed E-state index contributed by atoms with van der Waals surface area (Å²) in [6.07, 6.45) is -0.331. The monoisotopic (exact) mass is 678 g/mol. The summed E-state index contributed by atoms with van der Waals surface area (Å²) < 4.78 is 0. The molecule has 0 unspecified atom stereocenters. The smallest absolute Gasteiger partial charge is 0.408 e. The van der Waals surface area contributed by atoms with E-state index in [2.05, 4.69) is 32.7 Å². The fourth-order valence-electron chi connectivity index (χ4n) is 6.15. The molecule has 1 fully saturated rings. The number of β-amino-alcohol motifs (C(OH)–C–C–N with tert-alkyl or cyclic N) is 1. The number of aromatic nitrogens is 1. The molecule has 260 valence electrons. The number of thiazole rings is 1. The zero-order valence-corrected chi connectivity index (χ0v) is 29.4. The van der Waals surface area contributed by atoms with E-state index in [-0.39, 0.29) is 24.9 Å². The van der Waals surface area contributed by atoms with Crippen molar-refractivity contribution in [3.63, 3.8) is 0 Å². The van der Waals surface area contributed by atoms with Gasteiger partial charge in [-0.2, -0.15) is 0 Å². The maximum Gasteiger partial charge on any atom is 0.408 e.